The van der Waals surface area contributed by atoms with Crippen molar-refractivity contribution in [3.63, 3.8) is 0 Å². The van der Waals surface area contributed by atoms with Crippen LogP contribution in [0.15, 0.2) is 66.9 Å². The van der Waals surface area contributed by atoms with Gasteiger partial charge in [-0.3, -0.25) is 9.78 Å². The minimum absolute atomic E-state index is 0.0234. The molecule has 6 heteroatoms. The molecule has 2 N–H and O–H groups in total. The maximum atomic E-state index is 13.6. The third-order valence-electron chi connectivity index (χ3n) is 7.05. The lowest BCUT2D eigenvalue weighted by atomic mass is 9.98. The molecule has 3 aromatic rings. The van der Waals surface area contributed by atoms with Gasteiger partial charge in [-0.1, -0.05) is 56.7 Å². The van der Waals surface area contributed by atoms with Crippen LogP contribution in [0.4, 0.5) is 10.1 Å². The second kappa shape index (κ2) is 11.1. The van der Waals surface area contributed by atoms with E-state index in [1.165, 1.54) is 12.3 Å². The summed E-state index contributed by atoms with van der Waals surface area (Å²) in [6, 6.07) is 19.3. The minimum Gasteiger partial charge on any atom is -0.380 e. The normalized spacial score (nSPS) is 18.7. The van der Waals surface area contributed by atoms with Crippen molar-refractivity contribution in [1.29, 1.82) is 0 Å². The monoisotopic (exact) mass is 475 g/mol. The fraction of sp³-hybridized carbons (Fsp3) is 0.379. The van der Waals surface area contributed by atoms with Crippen LogP contribution in [0.5, 0.6) is 0 Å². The molecule has 0 bridgehead atoms. The molecule has 0 radical (unpaired) electrons. The summed E-state index contributed by atoms with van der Waals surface area (Å²) in [5.74, 6) is -0.159. The van der Waals surface area contributed by atoms with Gasteiger partial charge >= 0.3 is 0 Å². The van der Waals surface area contributed by atoms with Gasteiger partial charge in [0.1, 0.15) is 5.82 Å². The van der Waals surface area contributed by atoms with E-state index in [-0.39, 0.29) is 29.6 Å². The first-order valence-corrected chi connectivity index (χ1v) is 12.3. The lowest BCUT2D eigenvalue weighted by Gasteiger charge is -2.29. The van der Waals surface area contributed by atoms with Crippen molar-refractivity contribution in [2.45, 2.75) is 45.3 Å². The van der Waals surface area contributed by atoms with Gasteiger partial charge in [0.05, 0.1) is 12.8 Å². The highest BCUT2D eigenvalue weighted by molar-refractivity contribution is 5.97. The number of hydrogen-bond donors (Lipinski definition) is 1. The summed E-state index contributed by atoms with van der Waals surface area (Å²) < 4.78 is 18.5. The third kappa shape index (κ3) is 5.95. The van der Waals surface area contributed by atoms with Crippen LogP contribution in [0.25, 0.3) is 11.1 Å². The van der Waals surface area contributed by atoms with Gasteiger partial charge in [0.2, 0.25) is 5.91 Å². The van der Waals surface area contributed by atoms with Crippen molar-refractivity contribution in [1.82, 2.24) is 4.98 Å². The predicted octanol–water partition coefficient (Wildman–Crippen LogP) is 5.54. The van der Waals surface area contributed by atoms with Gasteiger partial charge in [-0.05, 0) is 53.3 Å². The van der Waals surface area contributed by atoms with Gasteiger partial charge in [0, 0.05) is 42.9 Å². The molecule has 1 saturated carbocycles. The second-order valence-corrected chi connectivity index (χ2v) is 9.53. The highest BCUT2D eigenvalue weighted by atomic mass is 19.1. The molecule has 0 saturated heterocycles. The van der Waals surface area contributed by atoms with Crippen molar-refractivity contribution in [3.8, 4) is 11.1 Å². The Morgan fingerprint density at radius 2 is 1.77 bits per heavy atom. The number of carbonyl (C=O) groups excluding carboxylic acids is 1. The lowest BCUT2D eigenvalue weighted by Crippen LogP contribution is -2.45. The van der Waals surface area contributed by atoms with Gasteiger partial charge in [0.25, 0.3) is 0 Å². The summed E-state index contributed by atoms with van der Waals surface area (Å²) in [5, 5.41) is 0. The number of rotatable bonds is 10. The van der Waals surface area contributed by atoms with Gasteiger partial charge in [-0.2, -0.15) is 0 Å². The van der Waals surface area contributed by atoms with Crippen molar-refractivity contribution in [2.75, 3.05) is 18.6 Å². The Morgan fingerprint density at radius 3 is 2.34 bits per heavy atom. The molecule has 2 aromatic carbocycles. The largest absolute Gasteiger partial charge is 0.380 e. The van der Waals surface area contributed by atoms with Gasteiger partial charge < -0.3 is 15.4 Å². The highest BCUT2D eigenvalue weighted by Gasteiger charge is 2.47. The molecular formula is C29H34FN3O2. The van der Waals surface area contributed by atoms with Crippen molar-refractivity contribution < 1.29 is 13.9 Å². The van der Waals surface area contributed by atoms with E-state index >= 15 is 0 Å². The van der Waals surface area contributed by atoms with Crippen LogP contribution >= 0.6 is 0 Å². The summed E-state index contributed by atoms with van der Waals surface area (Å²) in [7, 11) is 1.69. The number of carbonyl (C=O) groups is 1. The number of nitrogens with zero attached hydrogens (tertiary/aromatic N) is 2. The maximum absolute atomic E-state index is 13.6. The summed E-state index contributed by atoms with van der Waals surface area (Å²) >= 11 is 0. The zero-order valence-electron chi connectivity index (χ0n) is 20.7. The molecule has 1 aliphatic rings. The Bertz CT molecular complexity index is 1120. The Labute approximate surface area is 207 Å². The van der Waals surface area contributed by atoms with Crippen LogP contribution in [0.3, 0.4) is 0 Å². The number of pyridine rings is 1. The number of aromatic nitrogens is 1. The van der Waals surface area contributed by atoms with Crippen LogP contribution in [0.1, 0.15) is 43.9 Å². The van der Waals surface area contributed by atoms with Gasteiger partial charge in [0.15, 0.2) is 0 Å². The van der Waals surface area contributed by atoms with Crippen LogP contribution in [-0.2, 0) is 16.1 Å². The first-order valence-electron chi connectivity index (χ1n) is 12.3. The fourth-order valence-electron chi connectivity index (χ4n) is 4.41. The molecule has 1 amide bonds. The first-order chi connectivity index (χ1) is 16.9. The van der Waals surface area contributed by atoms with Gasteiger partial charge in [-0.15, -0.1) is 0 Å². The molecule has 5 nitrogen and oxygen atoms in total. The highest BCUT2D eigenvalue weighted by Crippen LogP contribution is 2.48. The van der Waals surface area contributed by atoms with Crippen molar-refractivity contribution in [2.24, 2.45) is 17.6 Å². The predicted molar refractivity (Wildman–Crippen MR) is 137 cm³/mol. The maximum Gasteiger partial charge on any atom is 0.230 e. The van der Waals surface area contributed by atoms with Gasteiger partial charge in [-0.25, -0.2) is 4.39 Å². The Hall–Kier alpha value is -3.09. The van der Waals surface area contributed by atoms with E-state index < -0.39 is 0 Å². The number of hydrogen-bond acceptors (Lipinski definition) is 4. The number of halogens is 1. The van der Waals surface area contributed by atoms with Crippen molar-refractivity contribution >= 4 is 11.6 Å². The number of benzene rings is 2. The standard InChI is InChI=1S/C29H34FN3O2/c1-4-19(2)27(31)17-33(29(34)26-15-25(26)28-14-11-23(30)16-32-28)24-12-9-22(10-13-24)21-7-5-20(6-8-21)18-35-3/h5-14,16,19,25-27H,4,15,17-18,31H2,1-3H3. The molecule has 184 valence electrons. The number of methoxy groups -OCH3 is 1. The number of amides is 1. The van der Waals surface area contributed by atoms with Crippen molar-refractivity contribution in [3.05, 3.63) is 83.9 Å². The minimum atomic E-state index is -0.369. The topological polar surface area (TPSA) is 68.5 Å². The fourth-order valence-corrected chi connectivity index (χ4v) is 4.41. The van der Waals surface area contributed by atoms with E-state index in [1.54, 1.807) is 13.2 Å². The Kier molecular flexibility index (Phi) is 7.93. The van der Waals surface area contributed by atoms with Crippen LogP contribution in [-0.4, -0.2) is 30.6 Å². The van der Waals surface area contributed by atoms with E-state index in [0.717, 1.165) is 40.9 Å². The number of nitrogens with two attached hydrogens (primary N) is 1. The van der Waals surface area contributed by atoms with Crippen LogP contribution < -0.4 is 10.6 Å². The Morgan fingerprint density at radius 1 is 1.11 bits per heavy atom. The summed E-state index contributed by atoms with van der Waals surface area (Å²) in [6.07, 6.45) is 2.89. The van der Waals surface area contributed by atoms with E-state index in [0.29, 0.717) is 19.1 Å². The summed E-state index contributed by atoms with van der Waals surface area (Å²) in [5.41, 5.74) is 11.4. The van der Waals surface area contributed by atoms with E-state index in [2.05, 4.69) is 43.1 Å². The Balaban J connectivity index is 1.54. The zero-order chi connectivity index (χ0) is 24.9. The summed E-state index contributed by atoms with van der Waals surface area (Å²) in [4.78, 5) is 19.6. The molecular weight excluding hydrogens is 441 g/mol. The SMILES string of the molecule is CCC(C)C(N)CN(C(=O)C1CC1c1ccc(F)cn1)c1ccc(-c2ccc(COC)cc2)cc1. The average molecular weight is 476 g/mol. The quantitative estimate of drug-likeness (QED) is 0.418. The average Bonchev–Trinajstić information content (AvgIpc) is 3.68. The number of anilines is 1. The van der Waals surface area contributed by atoms with E-state index in [1.807, 2.05) is 29.2 Å². The van der Waals surface area contributed by atoms with E-state index in [9.17, 15) is 9.18 Å². The smallest absolute Gasteiger partial charge is 0.230 e. The molecule has 0 aliphatic heterocycles. The molecule has 4 unspecified atom stereocenters. The molecule has 35 heavy (non-hydrogen) atoms. The van der Waals surface area contributed by atoms with Crippen LogP contribution in [0.2, 0.25) is 0 Å². The number of ether oxygens (including phenoxy) is 1. The lowest BCUT2D eigenvalue weighted by molar-refractivity contribution is -0.120. The molecule has 1 aromatic heterocycles. The second-order valence-electron chi connectivity index (χ2n) is 9.53. The molecule has 1 aliphatic carbocycles. The molecule has 4 rings (SSSR count). The zero-order valence-corrected chi connectivity index (χ0v) is 20.7. The molecule has 0 spiro atoms. The first kappa shape index (κ1) is 25.0. The third-order valence-corrected chi connectivity index (χ3v) is 7.05. The molecule has 4 atom stereocenters. The molecule has 1 heterocycles. The van der Waals surface area contributed by atoms with E-state index in [4.69, 9.17) is 10.5 Å². The molecule has 1 fully saturated rings. The van der Waals surface area contributed by atoms with Crippen LogP contribution in [0, 0.1) is 17.7 Å². The summed E-state index contributed by atoms with van der Waals surface area (Å²) in [6.45, 7) is 5.27.